The molecule has 3 N–H and O–H groups in total. The van der Waals surface area contributed by atoms with Crippen LogP contribution in [-0.4, -0.2) is 27.2 Å². The normalized spacial score (nSPS) is 18.7. The fourth-order valence-electron chi connectivity index (χ4n) is 2.42. The summed E-state index contributed by atoms with van der Waals surface area (Å²) >= 11 is 0. The smallest absolute Gasteiger partial charge is 0.241 e. The van der Waals surface area contributed by atoms with Crippen LogP contribution in [-0.2, 0) is 21.3 Å². The molecular weight excluding hydrogens is 295 g/mol. The third-order valence-electron chi connectivity index (χ3n) is 3.81. The molecule has 0 amide bonds. The first kappa shape index (κ1) is 16.4. The average Bonchev–Trinajstić information content (AvgIpc) is 2.41. The van der Waals surface area contributed by atoms with E-state index in [4.69, 9.17) is 10.5 Å². The second kappa shape index (κ2) is 6.00. The number of nitrogens with one attached hydrogen (secondary N) is 1. The molecule has 1 aromatic carbocycles. The number of hydrogen-bond donors (Lipinski definition) is 2. The molecule has 1 saturated heterocycles. The highest BCUT2D eigenvalue weighted by Gasteiger charge is 2.33. The maximum atomic E-state index is 13.8. The molecule has 118 valence electrons. The van der Waals surface area contributed by atoms with Crippen LogP contribution in [0.25, 0.3) is 0 Å². The number of sulfonamides is 1. The Morgan fingerprint density at radius 2 is 2.00 bits per heavy atom. The van der Waals surface area contributed by atoms with Gasteiger partial charge in [0.15, 0.2) is 0 Å². The summed E-state index contributed by atoms with van der Waals surface area (Å²) in [5, 5.41) is 0. The van der Waals surface area contributed by atoms with Crippen molar-refractivity contribution in [1.82, 2.24) is 4.72 Å². The van der Waals surface area contributed by atoms with E-state index in [0.29, 0.717) is 26.1 Å². The van der Waals surface area contributed by atoms with Crippen molar-refractivity contribution in [3.8, 4) is 0 Å². The van der Waals surface area contributed by atoms with Gasteiger partial charge in [0.05, 0.1) is 4.90 Å². The summed E-state index contributed by atoms with van der Waals surface area (Å²) in [5.74, 6) is -0.450. The van der Waals surface area contributed by atoms with Crippen LogP contribution in [0, 0.1) is 12.7 Å². The molecule has 0 atom stereocenters. The number of rotatable bonds is 4. The minimum absolute atomic E-state index is 0.0405. The van der Waals surface area contributed by atoms with E-state index in [-0.39, 0.29) is 22.6 Å². The van der Waals surface area contributed by atoms with Crippen LogP contribution < -0.4 is 10.5 Å². The molecule has 1 fully saturated rings. The first-order valence-corrected chi connectivity index (χ1v) is 8.36. The molecule has 1 aliphatic heterocycles. The van der Waals surface area contributed by atoms with Crippen LogP contribution in [0.1, 0.15) is 30.9 Å². The van der Waals surface area contributed by atoms with E-state index in [0.717, 1.165) is 0 Å². The van der Waals surface area contributed by atoms with Crippen molar-refractivity contribution < 1.29 is 17.5 Å². The predicted molar refractivity (Wildman–Crippen MR) is 77.8 cm³/mol. The van der Waals surface area contributed by atoms with Crippen LogP contribution in [0.5, 0.6) is 0 Å². The van der Waals surface area contributed by atoms with Gasteiger partial charge in [-0.2, -0.15) is 0 Å². The third kappa shape index (κ3) is 3.60. The molecule has 1 aromatic rings. The van der Waals surface area contributed by atoms with Gasteiger partial charge < -0.3 is 10.5 Å². The highest BCUT2D eigenvalue weighted by atomic mass is 32.2. The fourth-order valence-corrected chi connectivity index (χ4v) is 4.02. The van der Waals surface area contributed by atoms with Crippen molar-refractivity contribution in [3.05, 3.63) is 29.1 Å². The van der Waals surface area contributed by atoms with E-state index >= 15 is 0 Å². The Morgan fingerprint density at radius 3 is 2.57 bits per heavy atom. The van der Waals surface area contributed by atoms with Crippen LogP contribution in [0.3, 0.4) is 0 Å². The molecule has 0 bridgehead atoms. The summed E-state index contributed by atoms with van der Waals surface area (Å²) < 4.78 is 46.8. The Kier molecular flexibility index (Phi) is 4.67. The number of halogens is 1. The van der Waals surface area contributed by atoms with Crippen molar-refractivity contribution in [2.75, 3.05) is 13.2 Å². The van der Waals surface area contributed by atoms with E-state index in [1.54, 1.807) is 0 Å². The summed E-state index contributed by atoms with van der Waals surface area (Å²) in [7, 11) is -3.72. The minimum Gasteiger partial charge on any atom is -0.381 e. The molecule has 7 heteroatoms. The lowest BCUT2D eigenvalue weighted by Crippen LogP contribution is -2.49. The molecule has 0 unspecified atom stereocenters. The van der Waals surface area contributed by atoms with E-state index in [9.17, 15) is 12.8 Å². The van der Waals surface area contributed by atoms with Gasteiger partial charge in [0.1, 0.15) is 5.82 Å². The van der Waals surface area contributed by atoms with Gasteiger partial charge in [-0.3, -0.25) is 0 Å². The molecule has 2 rings (SSSR count). The summed E-state index contributed by atoms with van der Waals surface area (Å²) in [6.07, 6.45) is 1.21. The summed E-state index contributed by atoms with van der Waals surface area (Å²) in [4.78, 5) is 0.0505. The lowest BCUT2D eigenvalue weighted by Gasteiger charge is -2.34. The SMILES string of the molecule is Cc1cc(S(=O)(=O)NC2(C)CCOCC2)cc(CN)c1F. The average molecular weight is 316 g/mol. The first-order valence-electron chi connectivity index (χ1n) is 6.88. The minimum atomic E-state index is -3.72. The van der Waals surface area contributed by atoms with Gasteiger partial charge in [0, 0.05) is 30.9 Å². The van der Waals surface area contributed by atoms with Crippen LogP contribution in [0.15, 0.2) is 17.0 Å². The van der Waals surface area contributed by atoms with Crippen LogP contribution >= 0.6 is 0 Å². The monoisotopic (exact) mass is 316 g/mol. The number of hydrogen-bond acceptors (Lipinski definition) is 4. The van der Waals surface area contributed by atoms with Crippen molar-refractivity contribution in [2.24, 2.45) is 5.73 Å². The van der Waals surface area contributed by atoms with E-state index in [1.807, 2.05) is 6.92 Å². The largest absolute Gasteiger partial charge is 0.381 e. The molecular formula is C14H21FN2O3S. The Morgan fingerprint density at radius 1 is 1.38 bits per heavy atom. The molecule has 0 aliphatic carbocycles. The van der Waals surface area contributed by atoms with Crippen molar-refractivity contribution in [3.63, 3.8) is 0 Å². The van der Waals surface area contributed by atoms with Gasteiger partial charge in [-0.15, -0.1) is 0 Å². The number of ether oxygens (including phenoxy) is 1. The summed E-state index contributed by atoms with van der Waals surface area (Å²) in [6.45, 7) is 4.39. The molecule has 0 radical (unpaired) electrons. The van der Waals surface area contributed by atoms with Crippen LogP contribution in [0.4, 0.5) is 4.39 Å². The van der Waals surface area contributed by atoms with Crippen molar-refractivity contribution >= 4 is 10.0 Å². The number of aryl methyl sites for hydroxylation is 1. The van der Waals surface area contributed by atoms with Gasteiger partial charge in [-0.25, -0.2) is 17.5 Å². The quantitative estimate of drug-likeness (QED) is 0.881. The number of benzene rings is 1. The van der Waals surface area contributed by atoms with Crippen molar-refractivity contribution in [1.29, 1.82) is 0 Å². The Hall–Kier alpha value is -1.02. The van der Waals surface area contributed by atoms with Gasteiger partial charge in [-0.1, -0.05) is 0 Å². The molecule has 0 spiro atoms. The molecule has 21 heavy (non-hydrogen) atoms. The fraction of sp³-hybridized carbons (Fsp3) is 0.571. The van der Waals surface area contributed by atoms with E-state index in [1.165, 1.54) is 19.1 Å². The first-order chi connectivity index (χ1) is 9.77. The lowest BCUT2D eigenvalue weighted by molar-refractivity contribution is 0.0537. The standard InChI is InChI=1S/C14H21FN2O3S/c1-10-7-12(8-11(9-16)13(10)15)21(18,19)17-14(2)3-5-20-6-4-14/h7-8,17H,3-6,9,16H2,1-2H3. The molecule has 0 aromatic heterocycles. The van der Waals surface area contributed by atoms with Gasteiger partial charge in [0.2, 0.25) is 10.0 Å². The lowest BCUT2D eigenvalue weighted by atomic mass is 9.94. The zero-order valence-corrected chi connectivity index (χ0v) is 13.1. The second-order valence-corrected chi connectivity index (χ2v) is 7.38. The van der Waals surface area contributed by atoms with Gasteiger partial charge >= 0.3 is 0 Å². The molecule has 1 heterocycles. The van der Waals surface area contributed by atoms with E-state index < -0.39 is 21.4 Å². The Balaban J connectivity index is 2.33. The number of nitrogens with two attached hydrogens (primary N) is 1. The zero-order chi connectivity index (χ0) is 15.7. The zero-order valence-electron chi connectivity index (χ0n) is 12.3. The third-order valence-corrected chi connectivity index (χ3v) is 5.43. The maximum Gasteiger partial charge on any atom is 0.241 e. The highest BCUT2D eigenvalue weighted by Crippen LogP contribution is 2.25. The highest BCUT2D eigenvalue weighted by molar-refractivity contribution is 7.89. The Bertz CT molecular complexity index is 625. The van der Waals surface area contributed by atoms with Crippen LogP contribution in [0.2, 0.25) is 0 Å². The molecule has 5 nitrogen and oxygen atoms in total. The summed E-state index contributed by atoms with van der Waals surface area (Å²) in [6, 6.07) is 2.63. The molecule has 0 saturated carbocycles. The summed E-state index contributed by atoms with van der Waals surface area (Å²) in [5.41, 5.74) is 5.41. The Labute approximate surface area is 124 Å². The second-order valence-electron chi connectivity index (χ2n) is 5.70. The van der Waals surface area contributed by atoms with Gasteiger partial charge in [-0.05, 0) is 44.4 Å². The van der Waals surface area contributed by atoms with E-state index in [2.05, 4.69) is 4.72 Å². The molecule has 1 aliphatic rings. The predicted octanol–water partition coefficient (Wildman–Crippen LogP) is 1.44. The van der Waals surface area contributed by atoms with Gasteiger partial charge in [0.25, 0.3) is 0 Å². The maximum absolute atomic E-state index is 13.8. The topological polar surface area (TPSA) is 81.4 Å². The van der Waals surface area contributed by atoms with Crippen molar-refractivity contribution in [2.45, 2.75) is 43.7 Å².